The molecule has 7 nitrogen and oxygen atoms in total. The van der Waals surface area contributed by atoms with Crippen LogP contribution in [0.2, 0.25) is 0 Å². The van der Waals surface area contributed by atoms with E-state index in [0.29, 0.717) is 11.4 Å². The fourth-order valence-electron chi connectivity index (χ4n) is 2.15. The van der Waals surface area contributed by atoms with E-state index in [4.69, 9.17) is 0 Å². The zero-order valence-corrected chi connectivity index (χ0v) is 14.4. The molecule has 1 aliphatic rings. The van der Waals surface area contributed by atoms with Gasteiger partial charge in [0.05, 0.1) is 4.90 Å². The minimum absolute atomic E-state index is 0.0594. The number of benzene rings is 1. The fraction of sp³-hybridized carbons (Fsp3) is 0.375. The normalized spacial score (nSPS) is 14.8. The van der Waals surface area contributed by atoms with Crippen molar-refractivity contribution in [2.75, 3.05) is 5.32 Å². The van der Waals surface area contributed by atoms with Crippen LogP contribution in [0.25, 0.3) is 0 Å². The molecule has 1 amide bonds. The summed E-state index contributed by atoms with van der Waals surface area (Å²) in [6.07, 6.45) is 1.77. The third-order valence-corrected chi connectivity index (χ3v) is 5.31. The second-order valence-corrected chi connectivity index (χ2v) is 7.95. The number of aromatic amines is 1. The van der Waals surface area contributed by atoms with Gasteiger partial charge in [-0.1, -0.05) is 13.8 Å². The summed E-state index contributed by atoms with van der Waals surface area (Å²) >= 11 is 0. The van der Waals surface area contributed by atoms with Crippen molar-refractivity contribution in [3.8, 4) is 0 Å². The van der Waals surface area contributed by atoms with Crippen LogP contribution in [0.3, 0.4) is 0 Å². The van der Waals surface area contributed by atoms with Gasteiger partial charge in [0, 0.05) is 17.4 Å². The minimum Gasteiger partial charge on any atom is -0.321 e. The molecule has 3 N–H and O–H groups in total. The first kappa shape index (κ1) is 16.7. The molecule has 0 spiro atoms. The summed E-state index contributed by atoms with van der Waals surface area (Å²) in [6, 6.07) is 7.85. The van der Waals surface area contributed by atoms with Gasteiger partial charge in [0.25, 0.3) is 5.91 Å². The van der Waals surface area contributed by atoms with Crippen LogP contribution in [0.1, 0.15) is 48.8 Å². The zero-order chi connectivity index (χ0) is 17.3. The number of aromatic nitrogens is 2. The highest BCUT2D eigenvalue weighted by Gasteiger charge is 2.27. The van der Waals surface area contributed by atoms with E-state index < -0.39 is 10.0 Å². The van der Waals surface area contributed by atoms with E-state index in [9.17, 15) is 13.2 Å². The Morgan fingerprint density at radius 3 is 2.46 bits per heavy atom. The lowest BCUT2D eigenvalue weighted by Crippen LogP contribution is -2.25. The zero-order valence-electron chi connectivity index (χ0n) is 13.5. The maximum atomic E-state index is 12.2. The molecule has 2 aromatic rings. The second-order valence-electron chi connectivity index (χ2n) is 6.24. The van der Waals surface area contributed by atoms with Crippen molar-refractivity contribution in [1.82, 2.24) is 14.9 Å². The average molecular weight is 348 g/mol. The number of hydrogen-bond donors (Lipinski definition) is 3. The number of carbonyl (C=O) groups is 1. The topological polar surface area (TPSA) is 104 Å². The molecule has 1 aliphatic carbocycles. The van der Waals surface area contributed by atoms with Crippen molar-refractivity contribution in [2.45, 2.75) is 43.5 Å². The van der Waals surface area contributed by atoms with Crippen LogP contribution in [0.4, 0.5) is 5.69 Å². The van der Waals surface area contributed by atoms with Crippen molar-refractivity contribution >= 4 is 21.6 Å². The van der Waals surface area contributed by atoms with Gasteiger partial charge in [-0.15, -0.1) is 0 Å². The lowest BCUT2D eigenvalue weighted by molar-refractivity contribution is 0.102. The lowest BCUT2D eigenvalue weighted by Gasteiger charge is -2.07. The van der Waals surface area contributed by atoms with Crippen molar-refractivity contribution in [1.29, 1.82) is 0 Å². The smallest absolute Gasteiger partial charge is 0.276 e. The number of hydrogen-bond acceptors (Lipinski definition) is 4. The average Bonchev–Trinajstić information content (AvgIpc) is 3.17. The van der Waals surface area contributed by atoms with E-state index in [1.165, 1.54) is 12.1 Å². The predicted molar refractivity (Wildman–Crippen MR) is 90.4 cm³/mol. The van der Waals surface area contributed by atoms with Gasteiger partial charge >= 0.3 is 0 Å². The molecule has 1 fully saturated rings. The third-order valence-electron chi connectivity index (χ3n) is 3.77. The van der Waals surface area contributed by atoms with E-state index in [0.717, 1.165) is 18.5 Å². The van der Waals surface area contributed by atoms with Crippen molar-refractivity contribution in [3.05, 3.63) is 41.7 Å². The van der Waals surface area contributed by atoms with Crippen LogP contribution >= 0.6 is 0 Å². The molecular weight excluding hydrogens is 328 g/mol. The SMILES string of the molecule is CC(C)c1cc(C(=O)Nc2ccc(S(=O)(=O)NC3CC3)cc2)n[nH]1. The molecule has 24 heavy (non-hydrogen) atoms. The first-order chi connectivity index (χ1) is 11.3. The fourth-order valence-corrected chi connectivity index (χ4v) is 3.45. The Morgan fingerprint density at radius 1 is 1.25 bits per heavy atom. The van der Waals surface area contributed by atoms with E-state index in [-0.39, 0.29) is 22.8 Å². The van der Waals surface area contributed by atoms with Crippen LogP contribution < -0.4 is 10.0 Å². The minimum atomic E-state index is -3.48. The summed E-state index contributed by atoms with van der Waals surface area (Å²) in [5.41, 5.74) is 1.69. The standard InChI is InChI=1S/C16H20N4O3S/c1-10(2)14-9-15(19-18-14)16(21)17-11-5-7-13(8-6-11)24(22,23)20-12-3-4-12/h5-10,12,20H,3-4H2,1-2H3,(H,17,21)(H,18,19). The third kappa shape index (κ3) is 3.82. The number of carbonyl (C=O) groups excluding carboxylic acids is 1. The summed E-state index contributed by atoms with van der Waals surface area (Å²) < 4.78 is 26.8. The molecule has 0 saturated heterocycles. The number of anilines is 1. The Labute approximate surface area is 140 Å². The molecule has 128 valence electrons. The number of sulfonamides is 1. The van der Waals surface area contributed by atoms with Gasteiger partial charge in [-0.25, -0.2) is 13.1 Å². The molecule has 1 aromatic heterocycles. The maximum absolute atomic E-state index is 12.2. The van der Waals surface area contributed by atoms with Gasteiger partial charge in [0.1, 0.15) is 0 Å². The van der Waals surface area contributed by atoms with Crippen LogP contribution in [0.5, 0.6) is 0 Å². The summed E-state index contributed by atoms with van der Waals surface area (Å²) in [5, 5.41) is 9.52. The van der Waals surface area contributed by atoms with E-state index in [1.807, 2.05) is 13.8 Å². The molecule has 1 saturated carbocycles. The number of nitrogens with one attached hydrogen (secondary N) is 3. The van der Waals surface area contributed by atoms with Gasteiger partial charge in [-0.05, 0) is 49.1 Å². The molecular formula is C16H20N4O3S. The number of H-pyrrole nitrogens is 1. The molecule has 0 bridgehead atoms. The molecule has 0 atom stereocenters. The molecule has 0 aliphatic heterocycles. The summed E-state index contributed by atoms with van der Waals surface area (Å²) in [5.74, 6) is -0.0904. The summed E-state index contributed by atoms with van der Waals surface area (Å²) in [7, 11) is -3.48. The maximum Gasteiger partial charge on any atom is 0.276 e. The lowest BCUT2D eigenvalue weighted by atomic mass is 10.1. The molecule has 0 unspecified atom stereocenters. The van der Waals surface area contributed by atoms with Gasteiger partial charge in [-0.2, -0.15) is 5.10 Å². The van der Waals surface area contributed by atoms with Gasteiger partial charge in [-0.3, -0.25) is 9.89 Å². The largest absolute Gasteiger partial charge is 0.321 e. The molecule has 1 aromatic carbocycles. The monoisotopic (exact) mass is 348 g/mol. The number of amides is 1. The molecule has 1 heterocycles. The Kier molecular flexibility index (Phi) is 4.42. The van der Waals surface area contributed by atoms with Gasteiger partial charge in [0.2, 0.25) is 10.0 Å². The predicted octanol–water partition coefficient (Wildman–Crippen LogP) is 2.23. The van der Waals surface area contributed by atoms with Crippen LogP contribution in [-0.2, 0) is 10.0 Å². The molecule has 0 radical (unpaired) electrons. The second kappa shape index (κ2) is 6.37. The number of rotatable bonds is 6. The Morgan fingerprint density at radius 2 is 1.92 bits per heavy atom. The highest BCUT2D eigenvalue weighted by molar-refractivity contribution is 7.89. The van der Waals surface area contributed by atoms with Gasteiger partial charge in [0.15, 0.2) is 5.69 Å². The van der Waals surface area contributed by atoms with E-state index >= 15 is 0 Å². The Balaban J connectivity index is 1.68. The first-order valence-corrected chi connectivity index (χ1v) is 9.32. The van der Waals surface area contributed by atoms with Crippen LogP contribution in [0.15, 0.2) is 35.2 Å². The van der Waals surface area contributed by atoms with Crippen LogP contribution in [0, 0.1) is 0 Å². The summed E-state index contributed by atoms with van der Waals surface area (Å²) in [6.45, 7) is 4.01. The van der Waals surface area contributed by atoms with Crippen LogP contribution in [-0.4, -0.2) is 30.6 Å². The Bertz CT molecular complexity index is 836. The highest BCUT2D eigenvalue weighted by atomic mass is 32.2. The highest BCUT2D eigenvalue weighted by Crippen LogP contribution is 2.23. The van der Waals surface area contributed by atoms with Crippen molar-refractivity contribution < 1.29 is 13.2 Å². The molecule has 3 rings (SSSR count). The Hall–Kier alpha value is -2.19. The summed E-state index contributed by atoms with van der Waals surface area (Å²) in [4.78, 5) is 12.4. The number of nitrogens with zero attached hydrogens (tertiary/aromatic N) is 1. The molecule has 8 heteroatoms. The van der Waals surface area contributed by atoms with Gasteiger partial charge < -0.3 is 5.32 Å². The van der Waals surface area contributed by atoms with E-state index in [1.54, 1.807) is 18.2 Å². The first-order valence-electron chi connectivity index (χ1n) is 7.84. The quantitative estimate of drug-likeness (QED) is 0.744. The van der Waals surface area contributed by atoms with Crippen molar-refractivity contribution in [2.24, 2.45) is 0 Å². The van der Waals surface area contributed by atoms with Crippen molar-refractivity contribution in [3.63, 3.8) is 0 Å². The van der Waals surface area contributed by atoms with E-state index in [2.05, 4.69) is 20.2 Å².